The van der Waals surface area contributed by atoms with Gasteiger partial charge in [0.15, 0.2) is 0 Å². The van der Waals surface area contributed by atoms with E-state index in [0.29, 0.717) is 11.8 Å². The maximum Gasteiger partial charge on any atom is 0.225 e. The highest BCUT2D eigenvalue weighted by Gasteiger charge is 2.23. The van der Waals surface area contributed by atoms with E-state index in [9.17, 15) is 4.79 Å². The Kier molecular flexibility index (Phi) is 3.57. The van der Waals surface area contributed by atoms with Gasteiger partial charge >= 0.3 is 0 Å². The highest BCUT2D eigenvalue weighted by atomic mass is 16.2. The molecule has 1 atom stereocenters. The maximum absolute atomic E-state index is 11.7. The van der Waals surface area contributed by atoms with Crippen LogP contribution in [0.4, 0.5) is 0 Å². The van der Waals surface area contributed by atoms with Gasteiger partial charge in [-0.25, -0.2) is 0 Å². The van der Waals surface area contributed by atoms with Gasteiger partial charge in [-0.3, -0.25) is 4.79 Å². The van der Waals surface area contributed by atoms with E-state index in [1.54, 1.807) is 0 Å². The summed E-state index contributed by atoms with van der Waals surface area (Å²) in [5, 5.41) is 0. The number of carbonyl (C=O) groups excluding carboxylic acids is 1. The predicted molar refractivity (Wildman–Crippen MR) is 49.9 cm³/mol. The van der Waals surface area contributed by atoms with Gasteiger partial charge in [-0.2, -0.15) is 0 Å². The first-order chi connectivity index (χ1) is 5.75. The van der Waals surface area contributed by atoms with Gasteiger partial charge in [-0.15, -0.1) is 0 Å². The summed E-state index contributed by atoms with van der Waals surface area (Å²) in [5.74, 6) is 0.692. The molecule has 0 aliphatic carbocycles. The van der Waals surface area contributed by atoms with E-state index in [2.05, 4.69) is 6.92 Å². The van der Waals surface area contributed by atoms with Crippen molar-refractivity contribution in [2.24, 2.45) is 5.92 Å². The zero-order valence-electron chi connectivity index (χ0n) is 8.18. The normalized spacial score (nSPS) is 25.7. The first-order valence-corrected chi connectivity index (χ1v) is 5.00. The Hall–Kier alpha value is -0.530. The third-order valence-corrected chi connectivity index (χ3v) is 2.66. The van der Waals surface area contributed by atoms with E-state index < -0.39 is 0 Å². The van der Waals surface area contributed by atoms with Gasteiger partial charge in [-0.1, -0.05) is 19.8 Å². The summed E-state index contributed by atoms with van der Waals surface area (Å²) in [6, 6.07) is 0. The van der Waals surface area contributed by atoms with Crippen molar-refractivity contribution in [2.75, 3.05) is 13.6 Å². The summed E-state index contributed by atoms with van der Waals surface area (Å²) >= 11 is 0. The average Bonchev–Trinajstić information content (AvgIpc) is 2.20. The molecular formula is C10H19NO. The van der Waals surface area contributed by atoms with Crippen LogP contribution in [0.5, 0.6) is 0 Å². The largest absolute Gasteiger partial charge is 0.346 e. The minimum atomic E-state index is 0.322. The van der Waals surface area contributed by atoms with Crippen molar-refractivity contribution in [2.45, 2.75) is 39.0 Å². The highest BCUT2D eigenvalue weighted by molar-refractivity contribution is 5.78. The molecule has 0 N–H and O–H groups in total. The Balaban J connectivity index is 2.52. The summed E-state index contributed by atoms with van der Waals surface area (Å²) in [6.45, 7) is 3.11. The standard InChI is InChI=1S/C10H19NO/c1-3-6-9-7-4-5-8-11(2)10(9)12/h9H,3-8H2,1-2H3. The molecule has 1 saturated heterocycles. The Labute approximate surface area is 74.9 Å². The first kappa shape index (κ1) is 9.56. The van der Waals surface area contributed by atoms with Crippen LogP contribution in [0.15, 0.2) is 0 Å². The Morgan fingerprint density at radius 1 is 1.50 bits per heavy atom. The van der Waals surface area contributed by atoms with Crippen LogP contribution in [-0.4, -0.2) is 24.4 Å². The summed E-state index contributed by atoms with van der Waals surface area (Å²) < 4.78 is 0. The smallest absolute Gasteiger partial charge is 0.225 e. The van der Waals surface area contributed by atoms with Gasteiger partial charge < -0.3 is 4.90 Å². The van der Waals surface area contributed by atoms with Crippen molar-refractivity contribution in [1.82, 2.24) is 4.90 Å². The Bertz CT molecular complexity index is 156. The molecule has 12 heavy (non-hydrogen) atoms. The molecule has 1 rings (SSSR count). The van der Waals surface area contributed by atoms with Gasteiger partial charge in [0.05, 0.1) is 0 Å². The van der Waals surface area contributed by atoms with Crippen LogP contribution in [0.2, 0.25) is 0 Å². The summed E-state index contributed by atoms with van der Waals surface area (Å²) in [5.41, 5.74) is 0. The van der Waals surface area contributed by atoms with Crippen molar-refractivity contribution < 1.29 is 4.79 Å². The molecule has 70 valence electrons. The van der Waals surface area contributed by atoms with Crippen LogP contribution in [0.25, 0.3) is 0 Å². The lowest BCUT2D eigenvalue weighted by Gasteiger charge is -2.18. The topological polar surface area (TPSA) is 20.3 Å². The van der Waals surface area contributed by atoms with Crippen molar-refractivity contribution in [3.05, 3.63) is 0 Å². The monoisotopic (exact) mass is 169 g/mol. The number of rotatable bonds is 2. The molecule has 1 fully saturated rings. The molecule has 1 aliphatic rings. The number of nitrogens with zero attached hydrogens (tertiary/aromatic N) is 1. The van der Waals surface area contributed by atoms with Crippen LogP contribution in [0.1, 0.15) is 39.0 Å². The van der Waals surface area contributed by atoms with Crippen LogP contribution < -0.4 is 0 Å². The molecule has 0 bridgehead atoms. The molecule has 1 unspecified atom stereocenters. The van der Waals surface area contributed by atoms with Gasteiger partial charge in [0.2, 0.25) is 5.91 Å². The van der Waals surface area contributed by atoms with Crippen LogP contribution >= 0.6 is 0 Å². The second-order valence-corrected chi connectivity index (χ2v) is 3.74. The van der Waals surface area contributed by atoms with E-state index in [4.69, 9.17) is 0 Å². The van der Waals surface area contributed by atoms with Gasteiger partial charge in [0, 0.05) is 19.5 Å². The lowest BCUT2D eigenvalue weighted by Crippen LogP contribution is -2.31. The van der Waals surface area contributed by atoms with Crippen molar-refractivity contribution in [3.8, 4) is 0 Å². The molecular weight excluding hydrogens is 150 g/mol. The molecule has 0 aromatic rings. The summed E-state index contributed by atoms with van der Waals surface area (Å²) in [7, 11) is 1.93. The van der Waals surface area contributed by atoms with Crippen LogP contribution in [0, 0.1) is 5.92 Å². The summed E-state index contributed by atoms with van der Waals surface area (Å²) in [4.78, 5) is 13.6. The SMILES string of the molecule is CCCC1CCCCN(C)C1=O. The molecule has 0 spiro atoms. The second-order valence-electron chi connectivity index (χ2n) is 3.74. The average molecular weight is 169 g/mol. The van der Waals surface area contributed by atoms with Crippen LogP contribution in [0.3, 0.4) is 0 Å². The Morgan fingerprint density at radius 2 is 2.25 bits per heavy atom. The van der Waals surface area contributed by atoms with Gasteiger partial charge in [-0.05, 0) is 19.3 Å². The minimum Gasteiger partial charge on any atom is -0.346 e. The van der Waals surface area contributed by atoms with Gasteiger partial charge in [0.1, 0.15) is 0 Å². The zero-order chi connectivity index (χ0) is 8.97. The molecule has 1 aliphatic heterocycles. The van der Waals surface area contributed by atoms with E-state index in [0.717, 1.165) is 25.8 Å². The molecule has 2 nitrogen and oxygen atoms in total. The molecule has 0 aromatic carbocycles. The Morgan fingerprint density at radius 3 is 2.92 bits per heavy atom. The summed E-state index contributed by atoms with van der Waals surface area (Å²) in [6.07, 6.45) is 5.72. The molecule has 0 saturated carbocycles. The van der Waals surface area contributed by atoms with Crippen molar-refractivity contribution in [3.63, 3.8) is 0 Å². The van der Waals surface area contributed by atoms with E-state index in [1.165, 1.54) is 12.8 Å². The van der Waals surface area contributed by atoms with E-state index >= 15 is 0 Å². The lowest BCUT2D eigenvalue weighted by atomic mass is 9.97. The first-order valence-electron chi connectivity index (χ1n) is 5.00. The fourth-order valence-corrected chi connectivity index (χ4v) is 1.90. The van der Waals surface area contributed by atoms with Crippen molar-refractivity contribution in [1.29, 1.82) is 0 Å². The fourth-order valence-electron chi connectivity index (χ4n) is 1.90. The molecule has 1 amide bonds. The zero-order valence-corrected chi connectivity index (χ0v) is 8.18. The number of hydrogen-bond acceptors (Lipinski definition) is 1. The third-order valence-electron chi connectivity index (χ3n) is 2.66. The number of likely N-dealkylation sites (tertiary alicyclic amines) is 1. The predicted octanol–water partition coefficient (Wildman–Crippen LogP) is 2.04. The van der Waals surface area contributed by atoms with Crippen LogP contribution in [-0.2, 0) is 4.79 Å². The second kappa shape index (κ2) is 4.48. The lowest BCUT2D eigenvalue weighted by molar-refractivity contribution is -0.133. The van der Waals surface area contributed by atoms with E-state index in [1.807, 2.05) is 11.9 Å². The highest BCUT2D eigenvalue weighted by Crippen LogP contribution is 2.20. The molecule has 1 heterocycles. The number of amides is 1. The van der Waals surface area contributed by atoms with Crippen molar-refractivity contribution >= 4 is 5.91 Å². The minimum absolute atomic E-state index is 0.322. The number of carbonyl (C=O) groups is 1. The molecule has 0 radical (unpaired) electrons. The quantitative estimate of drug-likeness (QED) is 0.619. The third kappa shape index (κ3) is 2.23. The van der Waals surface area contributed by atoms with E-state index in [-0.39, 0.29) is 0 Å². The van der Waals surface area contributed by atoms with Gasteiger partial charge in [0.25, 0.3) is 0 Å². The molecule has 2 heteroatoms. The number of hydrogen-bond donors (Lipinski definition) is 0. The fraction of sp³-hybridized carbons (Fsp3) is 0.900. The maximum atomic E-state index is 11.7. The molecule has 0 aromatic heterocycles.